The predicted octanol–water partition coefficient (Wildman–Crippen LogP) is 4.83. The van der Waals surface area contributed by atoms with E-state index in [1.54, 1.807) is 18.2 Å². The maximum atomic E-state index is 14.3. The van der Waals surface area contributed by atoms with E-state index in [4.69, 9.17) is 9.47 Å². The number of nitrogens with zero attached hydrogens (tertiary/aromatic N) is 2. The molecule has 0 aromatic heterocycles. The van der Waals surface area contributed by atoms with Crippen molar-refractivity contribution in [2.24, 2.45) is 11.8 Å². The van der Waals surface area contributed by atoms with Crippen LogP contribution in [0.1, 0.15) is 54.8 Å². The van der Waals surface area contributed by atoms with Gasteiger partial charge in [0.25, 0.3) is 5.69 Å². The Morgan fingerprint density at radius 3 is 2.33 bits per heavy atom. The number of fused-ring (bicyclic) bond motifs is 1. The van der Waals surface area contributed by atoms with Gasteiger partial charge in [-0.05, 0) is 30.0 Å². The van der Waals surface area contributed by atoms with E-state index in [-0.39, 0.29) is 24.8 Å². The highest BCUT2D eigenvalue weighted by Crippen LogP contribution is 2.53. The summed E-state index contributed by atoms with van der Waals surface area (Å²) >= 11 is 0. The number of carbonyl (C=O) groups is 3. The Hall–Kier alpha value is -4.77. The first-order valence-electron chi connectivity index (χ1n) is 15.2. The summed E-state index contributed by atoms with van der Waals surface area (Å²) in [5, 5.41) is 25.4. The van der Waals surface area contributed by atoms with Gasteiger partial charge in [0, 0.05) is 36.2 Å². The number of rotatable bonds is 10. The normalized spacial score (nSPS) is 24.8. The van der Waals surface area contributed by atoms with E-state index in [0.29, 0.717) is 35.5 Å². The topological polar surface area (TPSA) is 148 Å². The van der Waals surface area contributed by atoms with Crippen molar-refractivity contribution in [3.8, 4) is 11.5 Å². The number of hydrogen-bond acceptors (Lipinski definition) is 8. The van der Waals surface area contributed by atoms with Crippen LogP contribution in [0.5, 0.6) is 11.5 Å². The lowest BCUT2D eigenvalue weighted by Crippen LogP contribution is -2.58. The highest BCUT2D eigenvalue weighted by molar-refractivity contribution is 6.10. The monoisotopic (exact) mass is 613 g/mol. The second-order valence-electron chi connectivity index (χ2n) is 12.0. The SMILES string of the molecule is COc1cccc(C2NC(Cc3ccc([N+](=O)[O-])cc3)(C(=O)O)C3C(=O)N(C4CCCCC4)C(=O)C23)c1OCc1ccccc1. The molecule has 45 heavy (non-hydrogen) atoms. The van der Waals surface area contributed by atoms with Gasteiger partial charge in [-0.2, -0.15) is 0 Å². The Bertz CT molecular complexity index is 1610. The smallest absolute Gasteiger partial charge is 0.325 e. The quantitative estimate of drug-likeness (QED) is 0.186. The van der Waals surface area contributed by atoms with E-state index in [1.165, 1.54) is 36.3 Å². The summed E-state index contributed by atoms with van der Waals surface area (Å²) in [6.45, 7) is 0.197. The van der Waals surface area contributed by atoms with Crippen molar-refractivity contribution in [2.75, 3.05) is 7.11 Å². The number of nitrogens with one attached hydrogen (secondary N) is 1. The largest absolute Gasteiger partial charge is 0.493 e. The van der Waals surface area contributed by atoms with Gasteiger partial charge in [-0.3, -0.25) is 34.7 Å². The molecule has 2 saturated heterocycles. The highest BCUT2D eigenvalue weighted by Gasteiger charge is 2.69. The van der Waals surface area contributed by atoms with Gasteiger partial charge in [0.2, 0.25) is 11.8 Å². The van der Waals surface area contributed by atoms with Gasteiger partial charge in [0.15, 0.2) is 11.5 Å². The molecule has 234 valence electrons. The molecular formula is C34H35N3O8. The molecule has 1 saturated carbocycles. The number of hydrogen-bond donors (Lipinski definition) is 2. The van der Waals surface area contributed by atoms with Crippen molar-refractivity contribution in [3.63, 3.8) is 0 Å². The minimum atomic E-state index is -1.87. The lowest BCUT2D eigenvalue weighted by molar-refractivity contribution is -0.384. The van der Waals surface area contributed by atoms with E-state index in [1.807, 2.05) is 30.3 Å². The molecule has 2 amide bonds. The Morgan fingerprint density at radius 1 is 0.978 bits per heavy atom. The van der Waals surface area contributed by atoms with Crippen LogP contribution in [0.4, 0.5) is 5.69 Å². The summed E-state index contributed by atoms with van der Waals surface area (Å²) in [6, 6.07) is 19.2. The Balaban J connectivity index is 1.45. The Morgan fingerprint density at radius 2 is 1.69 bits per heavy atom. The molecule has 0 spiro atoms. The van der Waals surface area contributed by atoms with Gasteiger partial charge < -0.3 is 14.6 Å². The van der Waals surface area contributed by atoms with E-state index < -0.39 is 46.1 Å². The molecule has 3 aliphatic rings. The van der Waals surface area contributed by atoms with E-state index in [2.05, 4.69) is 5.32 Å². The van der Waals surface area contributed by atoms with Crippen molar-refractivity contribution >= 4 is 23.5 Å². The second-order valence-corrected chi connectivity index (χ2v) is 12.0. The number of benzene rings is 3. The van der Waals surface area contributed by atoms with Crippen LogP contribution in [0.3, 0.4) is 0 Å². The lowest BCUT2D eigenvalue weighted by atomic mass is 9.76. The average molecular weight is 614 g/mol. The number of nitro benzene ring substituents is 1. The van der Waals surface area contributed by atoms with Crippen molar-refractivity contribution in [1.29, 1.82) is 0 Å². The van der Waals surface area contributed by atoms with Gasteiger partial charge in [-0.15, -0.1) is 0 Å². The number of amides is 2. The summed E-state index contributed by atoms with van der Waals surface area (Å²) < 4.78 is 12.0. The van der Waals surface area contributed by atoms with Crippen molar-refractivity contribution in [2.45, 2.75) is 62.8 Å². The number of aliphatic carboxylic acids is 1. The number of nitro groups is 1. The zero-order chi connectivity index (χ0) is 31.7. The van der Waals surface area contributed by atoms with Crippen molar-refractivity contribution in [1.82, 2.24) is 10.2 Å². The van der Waals surface area contributed by atoms with Crippen LogP contribution in [0.25, 0.3) is 0 Å². The molecule has 4 atom stereocenters. The minimum Gasteiger partial charge on any atom is -0.493 e. The third-order valence-corrected chi connectivity index (χ3v) is 9.43. The molecule has 3 fully saturated rings. The van der Waals surface area contributed by atoms with Crippen LogP contribution in [0.15, 0.2) is 72.8 Å². The number of imide groups is 1. The number of methoxy groups -OCH3 is 1. The average Bonchev–Trinajstić information content (AvgIpc) is 3.54. The maximum Gasteiger partial charge on any atom is 0.325 e. The molecule has 2 aliphatic heterocycles. The zero-order valence-electron chi connectivity index (χ0n) is 24.9. The third-order valence-electron chi connectivity index (χ3n) is 9.43. The standard InChI is InChI=1S/C34H35N3O8/c1-44-26-14-8-13-25(30(26)45-20-22-9-4-2-5-10-22)29-27-28(32(39)36(31(27)38)23-11-6-3-7-12-23)34(35-29,33(40)41)19-21-15-17-24(18-16-21)37(42)43/h2,4-5,8-10,13-18,23,27-29,35H,3,6-7,11-12,19-20H2,1H3,(H,40,41). The molecule has 0 radical (unpaired) electrons. The molecule has 1 aliphatic carbocycles. The lowest BCUT2D eigenvalue weighted by Gasteiger charge is -2.35. The highest BCUT2D eigenvalue weighted by atomic mass is 16.6. The Labute approximate surface area is 260 Å². The van der Waals surface area contributed by atoms with Gasteiger partial charge in [0.1, 0.15) is 12.1 Å². The molecule has 2 heterocycles. The molecule has 0 bridgehead atoms. The predicted molar refractivity (Wildman–Crippen MR) is 163 cm³/mol. The van der Waals surface area contributed by atoms with Crippen LogP contribution in [-0.4, -0.2) is 51.4 Å². The first-order chi connectivity index (χ1) is 21.7. The van der Waals surface area contributed by atoms with Crippen LogP contribution >= 0.6 is 0 Å². The zero-order valence-corrected chi connectivity index (χ0v) is 24.9. The minimum absolute atomic E-state index is 0.134. The van der Waals surface area contributed by atoms with Crippen molar-refractivity contribution in [3.05, 3.63) is 99.6 Å². The number of non-ortho nitro benzene ring substituents is 1. The van der Waals surface area contributed by atoms with E-state index in [0.717, 1.165) is 24.8 Å². The fourth-order valence-corrected chi connectivity index (χ4v) is 7.31. The molecule has 3 aromatic carbocycles. The molecule has 3 aromatic rings. The Kier molecular flexibility index (Phi) is 8.28. The first kappa shape index (κ1) is 30.3. The van der Waals surface area contributed by atoms with E-state index in [9.17, 15) is 29.6 Å². The van der Waals surface area contributed by atoms with Crippen molar-refractivity contribution < 1.29 is 33.9 Å². The van der Waals surface area contributed by atoms with Crippen LogP contribution in [0.2, 0.25) is 0 Å². The number of carboxylic acids is 1. The summed E-state index contributed by atoms with van der Waals surface area (Å²) in [5.74, 6) is -3.63. The van der Waals surface area contributed by atoms with Crippen LogP contribution < -0.4 is 14.8 Å². The summed E-state index contributed by atoms with van der Waals surface area (Å²) in [7, 11) is 1.50. The third kappa shape index (κ3) is 5.41. The second kappa shape index (κ2) is 12.3. The molecule has 4 unspecified atom stereocenters. The molecule has 2 N–H and O–H groups in total. The number of carbonyl (C=O) groups excluding carboxylic acids is 2. The number of ether oxygens (including phenoxy) is 2. The van der Waals surface area contributed by atoms with Gasteiger partial charge >= 0.3 is 5.97 Å². The summed E-state index contributed by atoms with van der Waals surface area (Å²) in [6.07, 6.45) is 4.00. The number of likely N-dealkylation sites (tertiary alicyclic amines) is 1. The summed E-state index contributed by atoms with van der Waals surface area (Å²) in [5.41, 5.74) is -0.108. The number of para-hydroxylation sites is 1. The fraction of sp³-hybridized carbons (Fsp3) is 0.382. The maximum absolute atomic E-state index is 14.3. The fourth-order valence-electron chi connectivity index (χ4n) is 7.31. The van der Waals surface area contributed by atoms with E-state index >= 15 is 0 Å². The number of carboxylic acid groups (broad SMARTS) is 1. The van der Waals surface area contributed by atoms with Crippen LogP contribution in [0, 0.1) is 22.0 Å². The molecule has 11 nitrogen and oxygen atoms in total. The van der Waals surface area contributed by atoms with Gasteiger partial charge in [-0.25, -0.2) is 0 Å². The summed E-state index contributed by atoms with van der Waals surface area (Å²) in [4.78, 5) is 54.1. The molecule has 11 heteroatoms. The molecular weight excluding hydrogens is 578 g/mol. The van der Waals surface area contributed by atoms with Gasteiger partial charge in [0.05, 0.1) is 23.9 Å². The molecule has 6 rings (SSSR count). The van der Waals surface area contributed by atoms with Gasteiger partial charge in [-0.1, -0.05) is 73.9 Å². The first-order valence-corrected chi connectivity index (χ1v) is 15.2. The van der Waals surface area contributed by atoms with Crippen LogP contribution in [-0.2, 0) is 27.4 Å².